The van der Waals surface area contributed by atoms with E-state index in [4.69, 9.17) is 0 Å². The fourth-order valence-corrected chi connectivity index (χ4v) is 16.7. The van der Waals surface area contributed by atoms with Gasteiger partial charge in [0.25, 0.3) is 0 Å². The minimum absolute atomic E-state index is 1.14. The summed E-state index contributed by atoms with van der Waals surface area (Å²) in [7, 11) is -3.01. The van der Waals surface area contributed by atoms with Crippen molar-refractivity contribution in [3.05, 3.63) is 273 Å². The van der Waals surface area contributed by atoms with Crippen molar-refractivity contribution in [1.29, 1.82) is 0 Å². The third kappa shape index (κ3) is 6.00. The van der Waals surface area contributed by atoms with Crippen LogP contribution in [0.2, 0.25) is 0 Å². The minimum atomic E-state index is -3.01. The van der Waals surface area contributed by atoms with Gasteiger partial charge in [0, 0.05) is 49.4 Å². The molecule has 0 aliphatic heterocycles. The molecule has 0 amide bonds. The first-order valence-corrected chi connectivity index (χ1v) is 26.2. The predicted molar refractivity (Wildman–Crippen MR) is 299 cm³/mol. The van der Waals surface area contributed by atoms with E-state index in [1.807, 2.05) is 0 Å². The zero-order chi connectivity index (χ0) is 46.2. The van der Waals surface area contributed by atoms with E-state index in [0.717, 1.165) is 17.1 Å². The molecule has 0 N–H and O–H groups in total. The predicted octanol–water partition coefficient (Wildman–Crippen LogP) is 14.0. The van der Waals surface area contributed by atoms with Crippen molar-refractivity contribution >= 4 is 94.2 Å². The molecule has 0 aliphatic rings. The lowest BCUT2D eigenvalue weighted by molar-refractivity contribution is 1.17. The zero-order valence-electron chi connectivity index (χ0n) is 38.3. The highest BCUT2D eigenvalue weighted by Crippen LogP contribution is 2.40. The molecule has 14 rings (SSSR count). The van der Waals surface area contributed by atoms with Crippen molar-refractivity contribution in [3.63, 3.8) is 0 Å². The Morgan fingerprint density at radius 2 is 0.600 bits per heavy atom. The van der Waals surface area contributed by atoms with Gasteiger partial charge in [-0.15, -0.1) is 0 Å². The third-order valence-electron chi connectivity index (χ3n) is 14.8. The lowest BCUT2D eigenvalue weighted by Gasteiger charge is -2.35. The van der Waals surface area contributed by atoms with E-state index < -0.39 is 8.07 Å². The first-order chi connectivity index (χ1) is 34.8. The summed E-state index contributed by atoms with van der Waals surface area (Å²) >= 11 is 0. The smallest absolute Gasteiger partial charge is 0.179 e. The molecule has 3 nitrogen and oxygen atoms in total. The van der Waals surface area contributed by atoms with E-state index in [9.17, 15) is 0 Å². The Kier molecular flexibility index (Phi) is 9.23. The molecule has 0 radical (unpaired) electrons. The van der Waals surface area contributed by atoms with Crippen molar-refractivity contribution in [2.75, 3.05) is 0 Å². The second-order valence-electron chi connectivity index (χ2n) is 18.4. The number of aromatic nitrogens is 3. The Hall–Kier alpha value is -8.96. The largest absolute Gasteiger partial charge is 0.309 e. The highest BCUT2D eigenvalue weighted by Gasteiger charge is 2.42. The van der Waals surface area contributed by atoms with Crippen molar-refractivity contribution in [2.24, 2.45) is 0 Å². The van der Waals surface area contributed by atoms with Gasteiger partial charge in [0.1, 0.15) is 0 Å². The van der Waals surface area contributed by atoms with Crippen LogP contribution < -0.4 is 20.7 Å². The molecule has 11 aromatic carbocycles. The Balaban J connectivity index is 0.991. The molecule has 0 saturated carbocycles. The number of hydrogen-bond acceptors (Lipinski definition) is 0. The molecule has 0 atom stereocenters. The number of rotatable bonds is 8. The molecular formula is C66H45N3Si. The Morgan fingerprint density at radius 3 is 1.14 bits per heavy atom. The summed E-state index contributed by atoms with van der Waals surface area (Å²) in [6.45, 7) is 0. The van der Waals surface area contributed by atoms with Crippen molar-refractivity contribution < 1.29 is 0 Å². The lowest BCUT2D eigenvalue weighted by Crippen LogP contribution is -2.74. The Morgan fingerprint density at radius 1 is 0.229 bits per heavy atom. The number of benzene rings is 11. The molecule has 14 aromatic rings. The maximum Gasteiger partial charge on any atom is 0.179 e. The van der Waals surface area contributed by atoms with Crippen LogP contribution in [-0.4, -0.2) is 21.8 Å². The minimum Gasteiger partial charge on any atom is -0.309 e. The first kappa shape index (κ1) is 40.1. The lowest BCUT2D eigenvalue weighted by atomic mass is 9.99. The quantitative estimate of drug-likeness (QED) is 0.107. The summed E-state index contributed by atoms with van der Waals surface area (Å²) in [5, 5.41) is 12.8. The van der Waals surface area contributed by atoms with E-state index in [0.29, 0.717) is 0 Å². The second kappa shape index (κ2) is 16.1. The Bertz CT molecular complexity index is 4200. The van der Waals surface area contributed by atoms with Gasteiger partial charge in [-0.2, -0.15) is 0 Å². The number of hydrogen-bond donors (Lipinski definition) is 0. The molecule has 0 bridgehead atoms. The van der Waals surface area contributed by atoms with Gasteiger partial charge in [0.05, 0.1) is 33.1 Å². The third-order valence-corrected chi connectivity index (χ3v) is 19.5. The van der Waals surface area contributed by atoms with Gasteiger partial charge < -0.3 is 13.7 Å². The van der Waals surface area contributed by atoms with E-state index in [-0.39, 0.29) is 0 Å². The molecule has 4 heteroatoms. The van der Waals surface area contributed by atoms with Crippen molar-refractivity contribution in [3.8, 4) is 28.2 Å². The van der Waals surface area contributed by atoms with Crippen molar-refractivity contribution in [1.82, 2.24) is 13.7 Å². The summed E-state index contributed by atoms with van der Waals surface area (Å²) in [6.07, 6.45) is 0. The van der Waals surface area contributed by atoms with Crippen LogP contribution in [0.1, 0.15) is 0 Å². The normalized spacial score (nSPS) is 12.0. The average Bonchev–Trinajstić information content (AvgIpc) is 4.08. The Labute approximate surface area is 407 Å². The SMILES string of the molecule is c1ccc(-c2cccc3c2c2ccccc2n3-c2ccc3c(c2)c2ccccc2n3-c2cccc([Si](c3ccccc3)(c3ccccc3)c3cccc(-n4c5ccccc5c5ccccc54)c3)c2)cc1. The van der Waals surface area contributed by atoms with Crippen LogP contribution in [-0.2, 0) is 0 Å². The summed E-state index contributed by atoms with van der Waals surface area (Å²) in [5.74, 6) is 0. The average molecular weight is 908 g/mol. The van der Waals surface area contributed by atoms with Crippen molar-refractivity contribution in [2.45, 2.75) is 0 Å². The van der Waals surface area contributed by atoms with E-state index in [2.05, 4.69) is 287 Å². The molecule has 0 saturated heterocycles. The van der Waals surface area contributed by atoms with Gasteiger partial charge >= 0.3 is 0 Å². The second-order valence-corrected chi connectivity index (χ2v) is 22.2. The standard InChI is InChI=1S/C66H45N3Si/c1-4-21-46(22-5-1)54-35-20-40-65-66(54)58-34-13-17-39-63(58)69(65)49-41-42-64-59(45-49)57-33-12-16-38-62(57)68(64)48-24-19-30-53(44-48)70(50-25-6-2-7-26-50,51-27-8-3-9-28-51)52-29-18-23-47(43-52)67-60-36-14-10-31-55(60)56-32-11-15-37-61(56)67/h1-45H. The van der Waals surface area contributed by atoms with E-state index in [1.54, 1.807) is 0 Å². The number of para-hydroxylation sites is 4. The van der Waals surface area contributed by atoms with Gasteiger partial charge in [-0.25, -0.2) is 0 Å². The van der Waals surface area contributed by atoms with Gasteiger partial charge in [-0.1, -0.05) is 200 Å². The summed E-state index contributed by atoms with van der Waals surface area (Å²) in [5.41, 5.74) is 13.1. The van der Waals surface area contributed by atoms with Crippen LogP contribution in [0.15, 0.2) is 273 Å². The highest BCUT2D eigenvalue weighted by atomic mass is 28.3. The van der Waals surface area contributed by atoms with E-state index >= 15 is 0 Å². The molecule has 3 aromatic heterocycles. The van der Waals surface area contributed by atoms with Gasteiger partial charge in [-0.3, -0.25) is 0 Å². The van der Waals surface area contributed by atoms with Crippen LogP contribution >= 0.6 is 0 Å². The molecular weight excluding hydrogens is 863 g/mol. The topological polar surface area (TPSA) is 14.8 Å². The monoisotopic (exact) mass is 907 g/mol. The zero-order valence-corrected chi connectivity index (χ0v) is 39.3. The first-order valence-electron chi connectivity index (χ1n) is 24.2. The van der Waals surface area contributed by atoms with Crippen LogP contribution in [0.5, 0.6) is 0 Å². The molecule has 328 valence electrons. The fraction of sp³-hybridized carbons (Fsp3) is 0. The van der Waals surface area contributed by atoms with E-state index in [1.165, 1.54) is 97.3 Å². The maximum atomic E-state index is 2.50. The number of fused-ring (bicyclic) bond motifs is 9. The summed E-state index contributed by atoms with van der Waals surface area (Å²) in [6, 6.07) is 101. The van der Waals surface area contributed by atoms with Crippen LogP contribution in [0.25, 0.3) is 93.6 Å². The molecule has 0 fully saturated rings. The van der Waals surface area contributed by atoms with Crippen LogP contribution in [0, 0.1) is 0 Å². The molecule has 70 heavy (non-hydrogen) atoms. The van der Waals surface area contributed by atoms with Gasteiger partial charge in [0.15, 0.2) is 8.07 Å². The van der Waals surface area contributed by atoms with Crippen LogP contribution in [0.3, 0.4) is 0 Å². The molecule has 0 aliphatic carbocycles. The summed E-state index contributed by atoms with van der Waals surface area (Å²) < 4.78 is 7.39. The van der Waals surface area contributed by atoms with Gasteiger partial charge in [-0.05, 0) is 105 Å². The van der Waals surface area contributed by atoms with Gasteiger partial charge in [0.2, 0.25) is 0 Å². The number of nitrogens with zero attached hydrogens (tertiary/aromatic N) is 3. The molecule has 0 unspecified atom stereocenters. The maximum absolute atomic E-state index is 3.01. The highest BCUT2D eigenvalue weighted by molar-refractivity contribution is 7.20. The summed E-state index contributed by atoms with van der Waals surface area (Å²) in [4.78, 5) is 0. The van der Waals surface area contributed by atoms with Crippen LogP contribution in [0.4, 0.5) is 0 Å². The molecule has 0 spiro atoms. The fourth-order valence-electron chi connectivity index (χ4n) is 11.9. The molecule has 3 heterocycles.